The van der Waals surface area contributed by atoms with Gasteiger partial charge in [0.2, 0.25) is 41.4 Å². The molecule has 10 atom stereocenters. The number of alkyl carbamates (subject to hydrolysis) is 2. The van der Waals surface area contributed by atoms with Crippen molar-refractivity contribution >= 4 is 82.9 Å². The van der Waals surface area contributed by atoms with Crippen LogP contribution in [0.5, 0.6) is 5.75 Å². The summed E-state index contributed by atoms with van der Waals surface area (Å²) in [6.07, 6.45) is 0.269. The zero-order valence-electron chi connectivity index (χ0n) is 61.8. The number of ketones is 1. The number of methoxy groups -OCH3 is 3. The topological polar surface area (TPSA) is 403 Å². The molecule has 32 heteroatoms. The number of likely N-dealkylation sites (N-methyl/N-ethyl adjacent to an activating group) is 2. The van der Waals surface area contributed by atoms with Crippen LogP contribution in [0.3, 0.4) is 0 Å². The van der Waals surface area contributed by atoms with E-state index in [0.29, 0.717) is 43.4 Å². The summed E-state index contributed by atoms with van der Waals surface area (Å²) < 4.78 is 42.7. The Kier molecular flexibility index (Phi) is 35.9. The zero-order chi connectivity index (χ0) is 76.8. The number of nitrogens with zero attached hydrogens (tertiary/aromatic N) is 4. The molecule has 2 aromatic rings. The molecule has 0 bridgehead atoms. The highest BCUT2D eigenvalue weighted by Crippen LogP contribution is 2.31. The van der Waals surface area contributed by atoms with E-state index < -0.39 is 126 Å². The summed E-state index contributed by atoms with van der Waals surface area (Å²) in [6, 6.07) is 3.99. The van der Waals surface area contributed by atoms with Crippen molar-refractivity contribution < 1.29 is 90.4 Å². The van der Waals surface area contributed by atoms with Crippen molar-refractivity contribution in [2.24, 2.45) is 29.4 Å². The summed E-state index contributed by atoms with van der Waals surface area (Å²) >= 11 is 0. The molecule has 0 spiro atoms. The number of carbonyl (C=O) groups is 13. The number of unbranched alkanes of at least 4 members (excludes halogenated alkanes) is 2. The molecule has 0 aliphatic carbocycles. The Morgan fingerprint density at radius 2 is 1.34 bits per heavy atom. The Morgan fingerprint density at radius 1 is 0.689 bits per heavy atom. The quantitative estimate of drug-likeness (QED) is 0.0260. The first-order valence-electron chi connectivity index (χ1n) is 34.9. The molecule has 31 nitrogen and oxygen atoms in total. The highest BCUT2D eigenvalue weighted by molar-refractivity contribution is 6.13. The van der Waals surface area contributed by atoms with E-state index in [-0.39, 0.29) is 124 Å². The number of hydrogen-bond acceptors (Lipinski definition) is 19. The van der Waals surface area contributed by atoms with Crippen LogP contribution in [-0.4, -0.2) is 233 Å². The number of nitrogens with one attached hydrogen (secondary N) is 8. The second-order valence-corrected chi connectivity index (χ2v) is 26.9. The molecule has 4 rings (SSSR count). The van der Waals surface area contributed by atoms with Gasteiger partial charge in [0.05, 0.1) is 62.9 Å². The zero-order valence-corrected chi connectivity index (χ0v) is 61.8. The van der Waals surface area contributed by atoms with Gasteiger partial charge < -0.3 is 81.8 Å². The molecule has 2 aliphatic rings. The van der Waals surface area contributed by atoms with Gasteiger partial charge in [-0.1, -0.05) is 80.4 Å². The molecule has 0 radical (unpaired) electrons. The number of hydrogen-bond donors (Lipinski definition) is 9. The molecule has 0 saturated carbocycles. The van der Waals surface area contributed by atoms with Crippen molar-refractivity contribution in [1.82, 2.24) is 56.8 Å². The van der Waals surface area contributed by atoms with Crippen molar-refractivity contribution in [3.63, 3.8) is 0 Å². The number of benzene rings is 2. The van der Waals surface area contributed by atoms with Gasteiger partial charge in [0.1, 0.15) is 30.8 Å². The molecule has 2 aromatic carbocycles. The third-order valence-corrected chi connectivity index (χ3v) is 17.9. The van der Waals surface area contributed by atoms with Crippen molar-refractivity contribution in [3.05, 3.63) is 71.6 Å². The minimum Gasteiger partial charge on any atom is -0.494 e. The van der Waals surface area contributed by atoms with Crippen LogP contribution < -0.4 is 53.0 Å². The summed E-state index contributed by atoms with van der Waals surface area (Å²) in [5.74, 6) is -7.45. The summed E-state index contributed by atoms with van der Waals surface area (Å²) in [6.45, 7) is 13.6. The Bertz CT molecular complexity index is 3240. The molecular weight excluding hydrogens is 1340 g/mol. The second kappa shape index (κ2) is 43.0. The van der Waals surface area contributed by atoms with Crippen LogP contribution >= 0.6 is 0 Å². The number of Topliss-reactive ketones (excluding diaryl/α,β-unsaturated/α-hetero) is 1. The SMILES string of the molecule is CCC[C@@H]([C@@H](CC(=O)N1C[C@@H](OC(=O)NCCNC(=O)OCc2ccc(NC(=O)[C@H](CCCNC(N)=O)NC(=O)[C@@H](NC(=O)CCCCCN3C(=O)C=CC3=O)C(C)C)cc2)C[C@H]1[C@H](OC)[C@@H](C)C(=O)NCC(=O)c1ccc(OC)c(F)c1)OC)N(C)C(=O)[C@@H](NC(=O)[C@H](C(C)C)N(C)C)C(C)C. The molecule has 1 fully saturated rings. The van der Waals surface area contributed by atoms with E-state index in [1.165, 1.54) is 55.4 Å². The summed E-state index contributed by atoms with van der Waals surface area (Å²) in [5, 5.41) is 21.4. The van der Waals surface area contributed by atoms with E-state index in [9.17, 15) is 66.7 Å². The first kappa shape index (κ1) is 86.1. The van der Waals surface area contributed by atoms with E-state index in [1.807, 2.05) is 34.6 Å². The maximum atomic E-state index is 14.9. The predicted octanol–water partition coefficient (Wildman–Crippen LogP) is 3.66. The number of likely N-dealkylation sites (tertiary alicyclic amines) is 1. The van der Waals surface area contributed by atoms with Gasteiger partial charge in [-0.25, -0.2) is 18.8 Å². The van der Waals surface area contributed by atoms with Crippen molar-refractivity contribution in [1.29, 1.82) is 0 Å². The molecule has 10 N–H and O–H groups in total. The van der Waals surface area contributed by atoms with Crippen molar-refractivity contribution in [2.75, 3.05) is 87.1 Å². The van der Waals surface area contributed by atoms with E-state index >= 15 is 0 Å². The fraction of sp³-hybridized carbons (Fsp3) is 0.620. The molecule has 0 aromatic heterocycles. The standard InChI is InChI=1S/C71H108FN13O18/c1-15-20-51(83(11)68(95)61(42(4)5)81-67(94)62(43(6)7)82(9)10)55(100-13)37-59(90)85-39-48(36-52(85)63(101-14)44(8)64(91)77-38-53(86)46-25-28-54(99-12)49(72)35-46)103-71(98)76-33-32-75-70(97)102-40-45-23-26-47(27-24-45)78-65(92)50(21-19-31-74-69(73)96)79-66(93)60(41(2)3)80-56(87)22-17-16-18-34-84-57(88)29-30-58(84)89/h23-30,35,41-44,48,50-52,55,60-63H,15-22,31-34,36-40H2,1-14H3,(H,75,97)(H,76,98)(H,77,91)(H,78,92)(H,79,93)(H,80,87)(H,81,94)(H3,73,74,96)/t44-,48+,50+,51+,52+,55-,60+,61+,62+,63-/m1/s1. The van der Waals surface area contributed by atoms with Crippen LogP contribution in [-0.2, 0) is 68.7 Å². The van der Waals surface area contributed by atoms with Gasteiger partial charge in [-0.05, 0) is 99.8 Å². The van der Waals surface area contributed by atoms with Crippen LogP contribution in [0, 0.1) is 29.5 Å². The first-order valence-corrected chi connectivity index (χ1v) is 34.9. The van der Waals surface area contributed by atoms with Crippen molar-refractivity contribution in [3.8, 4) is 5.75 Å². The van der Waals surface area contributed by atoms with E-state index in [0.717, 1.165) is 11.0 Å². The van der Waals surface area contributed by atoms with Crippen molar-refractivity contribution in [2.45, 2.75) is 181 Å². The monoisotopic (exact) mass is 1450 g/mol. The number of primary amides is 1. The number of ether oxygens (including phenoxy) is 5. The molecule has 0 unspecified atom stereocenters. The fourth-order valence-corrected chi connectivity index (χ4v) is 12.3. The predicted molar refractivity (Wildman–Crippen MR) is 378 cm³/mol. The number of rotatable bonds is 43. The summed E-state index contributed by atoms with van der Waals surface area (Å²) in [4.78, 5) is 178. The van der Waals surface area contributed by atoms with E-state index in [4.69, 9.17) is 29.4 Å². The Hall–Kier alpha value is -9.30. The van der Waals surface area contributed by atoms with Gasteiger partial charge in [0.15, 0.2) is 17.3 Å². The van der Waals surface area contributed by atoms with Crippen LogP contribution in [0.15, 0.2) is 54.6 Å². The van der Waals surface area contributed by atoms with E-state index in [2.05, 4.69) is 42.5 Å². The van der Waals surface area contributed by atoms with Crippen LogP contribution in [0.1, 0.15) is 136 Å². The number of anilines is 1. The first-order chi connectivity index (χ1) is 48.8. The molecule has 103 heavy (non-hydrogen) atoms. The lowest BCUT2D eigenvalue weighted by atomic mass is 9.93. The number of halogens is 1. The number of urea groups is 1. The maximum Gasteiger partial charge on any atom is 0.407 e. The Morgan fingerprint density at radius 3 is 1.91 bits per heavy atom. The van der Waals surface area contributed by atoms with Gasteiger partial charge in [0.25, 0.3) is 11.8 Å². The van der Waals surface area contributed by atoms with Crippen LogP contribution in [0.25, 0.3) is 0 Å². The lowest BCUT2D eigenvalue weighted by Gasteiger charge is -2.38. The number of imide groups is 1. The third-order valence-electron chi connectivity index (χ3n) is 17.9. The van der Waals surface area contributed by atoms with Gasteiger partial charge in [-0.3, -0.25) is 57.7 Å². The highest BCUT2D eigenvalue weighted by atomic mass is 19.1. The Balaban J connectivity index is 1.38. The smallest absolute Gasteiger partial charge is 0.407 e. The van der Waals surface area contributed by atoms with E-state index in [1.54, 1.807) is 71.1 Å². The lowest BCUT2D eigenvalue weighted by molar-refractivity contribution is -0.146. The minimum absolute atomic E-state index is 0.0142. The van der Waals surface area contributed by atoms with Gasteiger partial charge in [0, 0.05) is 83.7 Å². The average Bonchev–Trinajstić information content (AvgIpc) is 1.72. The molecule has 572 valence electrons. The second-order valence-electron chi connectivity index (χ2n) is 26.9. The molecule has 1 saturated heterocycles. The largest absolute Gasteiger partial charge is 0.494 e. The average molecular weight is 1450 g/mol. The van der Waals surface area contributed by atoms with Crippen LogP contribution in [0.4, 0.5) is 24.5 Å². The van der Waals surface area contributed by atoms with Gasteiger partial charge >= 0.3 is 18.2 Å². The number of carbonyl (C=O) groups excluding carboxylic acids is 13. The number of nitrogens with two attached hydrogens (primary N) is 1. The third kappa shape index (κ3) is 27.1. The molecule has 2 aliphatic heterocycles. The molecule has 13 amide bonds. The van der Waals surface area contributed by atoms with Gasteiger partial charge in [-0.2, -0.15) is 0 Å². The normalized spacial score (nSPS) is 16.6. The Labute approximate surface area is 602 Å². The number of amides is 13. The maximum absolute atomic E-state index is 14.9. The lowest BCUT2D eigenvalue weighted by Crippen LogP contribution is -2.58. The highest BCUT2D eigenvalue weighted by Gasteiger charge is 2.46. The molecule has 2 heterocycles. The fourth-order valence-electron chi connectivity index (χ4n) is 12.3. The summed E-state index contributed by atoms with van der Waals surface area (Å²) in [7, 11) is 9.24. The van der Waals surface area contributed by atoms with Crippen LogP contribution in [0.2, 0.25) is 0 Å². The summed E-state index contributed by atoms with van der Waals surface area (Å²) in [5.41, 5.74) is 6.05. The van der Waals surface area contributed by atoms with Gasteiger partial charge in [-0.15, -0.1) is 0 Å². The minimum atomic E-state index is -1.12. The molecular formula is C71H108FN13O18.